The molecule has 0 saturated heterocycles. The molecule has 0 spiro atoms. The number of para-hydroxylation sites is 1. The molecular weight excluding hydrogens is 430 g/mol. The second-order valence-corrected chi connectivity index (χ2v) is 8.56. The zero-order valence-corrected chi connectivity index (χ0v) is 18.6. The minimum absolute atomic E-state index is 0.0697. The van der Waals surface area contributed by atoms with Crippen LogP contribution in [0.1, 0.15) is 17.0 Å². The molecule has 0 saturated carbocycles. The first-order valence-electron chi connectivity index (χ1n) is 10.6. The molecule has 6 heteroatoms. The van der Waals surface area contributed by atoms with Crippen LogP contribution in [0.3, 0.4) is 0 Å². The van der Waals surface area contributed by atoms with Gasteiger partial charge in [-0.25, -0.2) is 0 Å². The summed E-state index contributed by atoms with van der Waals surface area (Å²) in [5, 5.41) is 9.08. The average Bonchev–Trinajstić information content (AvgIpc) is 3.54. The van der Waals surface area contributed by atoms with Crippen molar-refractivity contribution in [1.82, 2.24) is 10.1 Å². The van der Waals surface area contributed by atoms with E-state index in [0.717, 1.165) is 32.8 Å². The van der Waals surface area contributed by atoms with Crippen LogP contribution in [0.15, 0.2) is 101 Å². The van der Waals surface area contributed by atoms with Gasteiger partial charge in [-0.2, -0.15) is 4.98 Å². The monoisotopic (exact) mass is 451 g/mol. The molecular formula is C27H21N3O2S. The fourth-order valence-corrected chi connectivity index (χ4v) is 4.27. The van der Waals surface area contributed by atoms with Gasteiger partial charge in [0.25, 0.3) is 0 Å². The number of amides is 1. The molecule has 0 aliphatic carbocycles. The second-order valence-electron chi connectivity index (χ2n) is 7.61. The van der Waals surface area contributed by atoms with Crippen molar-refractivity contribution in [3.8, 4) is 21.8 Å². The van der Waals surface area contributed by atoms with Gasteiger partial charge in [0.05, 0.1) is 17.7 Å². The fourth-order valence-electron chi connectivity index (χ4n) is 3.62. The molecule has 0 aliphatic rings. The molecule has 2 aromatic heterocycles. The van der Waals surface area contributed by atoms with Crippen molar-refractivity contribution in [2.45, 2.75) is 12.8 Å². The lowest BCUT2D eigenvalue weighted by Crippen LogP contribution is -2.15. The number of benzene rings is 3. The van der Waals surface area contributed by atoms with Crippen LogP contribution in [0.4, 0.5) is 5.69 Å². The van der Waals surface area contributed by atoms with Gasteiger partial charge in [0.2, 0.25) is 17.6 Å². The van der Waals surface area contributed by atoms with Crippen LogP contribution in [0.25, 0.3) is 21.8 Å². The van der Waals surface area contributed by atoms with Crippen LogP contribution < -0.4 is 5.32 Å². The van der Waals surface area contributed by atoms with E-state index in [9.17, 15) is 4.79 Å². The van der Waals surface area contributed by atoms with Crippen LogP contribution >= 0.6 is 11.3 Å². The maximum Gasteiger partial charge on any atom is 0.231 e. The van der Waals surface area contributed by atoms with Crippen molar-refractivity contribution < 1.29 is 9.32 Å². The van der Waals surface area contributed by atoms with Gasteiger partial charge in [-0.05, 0) is 39.8 Å². The highest BCUT2D eigenvalue weighted by Crippen LogP contribution is 2.24. The van der Waals surface area contributed by atoms with Gasteiger partial charge in [-0.15, -0.1) is 11.3 Å². The first-order chi connectivity index (χ1) is 16.2. The van der Waals surface area contributed by atoms with Crippen LogP contribution in [-0.4, -0.2) is 16.0 Å². The predicted octanol–water partition coefficient (Wildman–Crippen LogP) is 6.24. The van der Waals surface area contributed by atoms with Crippen molar-refractivity contribution >= 4 is 22.9 Å². The lowest BCUT2D eigenvalue weighted by atomic mass is 10.0. The number of aromatic nitrogens is 2. The van der Waals surface area contributed by atoms with E-state index in [-0.39, 0.29) is 5.91 Å². The lowest BCUT2D eigenvalue weighted by molar-refractivity contribution is -0.115. The highest BCUT2D eigenvalue weighted by Gasteiger charge is 2.13. The van der Waals surface area contributed by atoms with Crippen molar-refractivity contribution in [2.24, 2.45) is 0 Å². The molecule has 3 aromatic carbocycles. The topological polar surface area (TPSA) is 68.0 Å². The van der Waals surface area contributed by atoms with Crippen LogP contribution in [-0.2, 0) is 17.6 Å². The molecule has 0 atom stereocenters. The van der Waals surface area contributed by atoms with E-state index in [2.05, 4.69) is 27.6 Å². The third kappa shape index (κ3) is 5.07. The Labute approximate surface area is 195 Å². The molecule has 0 bridgehead atoms. The summed E-state index contributed by atoms with van der Waals surface area (Å²) in [5.41, 5.74) is 4.92. The smallest absolute Gasteiger partial charge is 0.231 e. The van der Waals surface area contributed by atoms with Gasteiger partial charge in [0, 0.05) is 5.69 Å². The van der Waals surface area contributed by atoms with Crippen LogP contribution in [0.5, 0.6) is 0 Å². The quantitative estimate of drug-likeness (QED) is 0.318. The van der Waals surface area contributed by atoms with Crippen molar-refractivity contribution in [3.05, 3.63) is 113 Å². The summed E-state index contributed by atoms with van der Waals surface area (Å²) >= 11 is 1.57. The normalized spacial score (nSPS) is 10.8. The maximum atomic E-state index is 12.7. The Morgan fingerprint density at radius 2 is 1.61 bits per heavy atom. The fraction of sp³-hybridized carbons (Fsp3) is 0.0741. The van der Waals surface area contributed by atoms with Gasteiger partial charge in [-0.1, -0.05) is 84.0 Å². The van der Waals surface area contributed by atoms with E-state index in [1.54, 1.807) is 11.3 Å². The minimum Gasteiger partial charge on any atom is -0.339 e. The van der Waals surface area contributed by atoms with E-state index in [1.807, 2.05) is 84.2 Å². The van der Waals surface area contributed by atoms with Crippen LogP contribution in [0.2, 0.25) is 0 Å². The van der Waals surface area contributed by atoms with Gasteiger partial charge in [0.1, 0.15) is 0 Å². The Morgan fingerprint density at radius 1 is 0.848 bits per heavy atom. The highest BCUT2D eigenvalue weighted by atomic mass is 32.1. The van der Waals surface area contributed by atoms with Crippen molar-refractivity contribution in [2.75, 3.05) is 5.32 Å². The molecule has 0 aliphatic heterocycles. The molecule has 162 valence electrons. The SMILES string of the molecule is O=C(Cc1ccc(-c2ccccc2)cc1)Nc1ccccc1Cc1nc(-c2cccs2)no1. The molecule has 33 heavy (non-hydrogen) atoms. The molecule has 2 heterocycles. The Bertz CT molecular complexity index is 1340. The highest BCUT2D eigenvalue weighted by molar-refractivity contribution is 7.13. The molecule has 1 N–H and O–H groups in total. The number of rotatable bonds is 7. The Balaban J connectivity index is 1.25. The minimum atomic E-state index is -0.0697. The Morgan fingerprint density at radius 3 is 2.39 bits per heavy atom. The summed E-state index contributed by atoms with van der Waals surface area (Å²) in [6, 6.07) is 29.9. The van der Waals surface area contributed by atoms with E-state index in [4.69, 9.17) is 4.52 Å². The number of hydrogen-bond donors (Lipinski definition) is 1. The average molecular weight is 452 g/mol. The van der Waals surface area contributed by atoms with Gasteiger partial charge >= 0.3 is 0 Å². The Hall–Kier alpha value is -4.03. The zero-order valence-electron chi connectivity index (χ0n) is 17.8. The predicted molar refractivity (Wildman–Crippen MR) is 131 cm³/mol. The first kappa shape index (κ1) is 20.8. The molecule has 5 rings (SSSR count). The van der Waals surface area contributed by atoms with E-state index < -0.39 is 0 Å². The number of carbonyl (C=O) groups is 1. The van der Waals surface area contributed by atoms with Gasteiger partial charge < -0.3 is 9.84 Å². The number of nitrogens with one attached hydrogen (secondary N) is 1. The first-order valence-corrected chi connectivity index (χ1v) is 11.5. The van der Waals surface area contributed by atoms with E-state index in [1.165, 1.54) is 0 Å². The molecule has 5 nitrogen and oxygen atoms in total. The summed E-state index contributed by atoms with van der Waals surface area (Å²) in [6.45, 7) is 0. The number of carbonyl (C=O) groups excluding carboxylic acids is 1. The largest absolute Gasteiger partial charge is 0.339 e. The number of nitrogens with zero attached hydrogens (tertiary/aromatic N) is 2. The third-order valence-electron chi connectivity index (χ3n) is 5.27. The molecule has 1 amide bonds. The lowest BCUT2D eigenvalue weighted by Gasteiger charge is -2.10. The molecule has 0 fully saturated rings. The summed E-state index contributed by atoms with van der Waals surface area (Å²) in [5.74, 6) is 1.02. The van der Waals surface area contributed by atoms with E-state index in [0.29, 0.717) is 24.6 Å². The van der Waals surface area contributed by atoms with Gasteiger partial charge in [-0.3, -0.25) is 4.79 Å². The second kappa shape index (κ2) is 9.63. The van der Waals surface area contributed by atoms with Crippen molar-refractivity contribution in [3.63, 3.8) is 0 Å². The third-order valence-corrected chi connectivity index (χ3v) is 6.13. The van der Waals surface area contributed by atoms with Crippen molar-refractivity contribution in [1.29, 1.82) is 0 Å². The molecule has 0 radical (unpaired) electrons. The summed E-state index contributed by atoms with van der Waals surface area (Å²) in [6.07, 6.45) is 0.743. The van der Waals surface area contributed by atoms with Crippen LogP contribution in [0, 0.1) is 0 Å². The standard InChI is InChI=1S/C27H21N3O2S/c31-25(17-19-12-14-21(15-13-19)20-7-2-1-3-8-20)28-23-10-5-4-9-22(23)18-26-29-27(30-32-26)24-11-6-16-33-24/h1-16H,17-18H2,(H,28,31). The zero-order chi connectivity index (χ0) is 22.5. The summed E-state index contributed by atoms with van der Waals surface area (Å²) in [4.78, 5) is 18.2. The van der Waals surface area contributed by atoms with Gasteiger partial charge in [0.15, 0.2) is 0 Å². The number of anilines is 1. The summed E-state index contributed by atoms with van der Waals surface area (Å²) in [7, 11) is 0. The molecule has 5 aromatic rings. The molecule has 0 unspecified atom stereocenters. The number of thiophene rings is 1. The summed E-state index contributed by atoms with van der Waals surface area (Å²) < 4.78 is 5.43. The maximum absolute atomic E-state index is 12.7. The number of hydrogen-bond acceptors (Lipinski definition) is 5. The van der Waals surface area contributed by atoms with E-state index >= 15 is 0 Å². The Kier molecular flexibility index (Phi) is 6.08.